The van der Waals surface area contributed by atoms with Crippen molar-refractivity contribution in [3.63, 3.8) is 0 Å². The summed E-state index contributed by atoms with van der Waals surface area (Å²) in [4.78, 5) is 5.05. The monoisotopic (exact) mass is 1210 g/mol. The fourth-order valence-electron chi connectivity index (χ4n) is 11.4. The van der Waals surface area contributed by atoms with Crippen LogP contribution in [0.3, 0.4) is 0 Å². The normalized spacial score (nSPS) is 12.5. The van der Waals surface area contributed by atoms with E-state index in [4.69, 9.17) is 9.72 Å². The van der Waals surface area contributed by atoms with E-state index in [1.807, 2.05) is 12.3 Å². The smallest absolute Gasteiger partial charge is 0.267 e. The molecule has 0 saturated carbocycles. The Morgan fingerprint density at radius 3 is 1.66 bits per heavy atom. The number of benzene rings is 8. The number of ether oxygens (including phenoxy) is 1. The van der Waals surface area contributed by atoms with Gasteiger partial charge in [0.2, 0.25) is 0 Å². The van der Waals surface area contributed by atoms with E-state index >= 15 is 0 Å². The number of aromatic nitrogens is 4. The van der Waals surface area contributed by atoms with Gasteiger partial charge in [0.1, 0.15) is 5.82 Å². The minimum absolute atomic E-state index is 0. The van der Waals surface area contributed by atoms with Gasteiger partial charge in [-0.1, -0.05) is 240 Å². The molecule has 0 fully saturated rings. The molecule has 0 unspecified atom stereocenters. The second kappa shape index (κ2) is 20.9. The van der Waals surface area contributed by atoms with Crippen LogP contribution < -0.4 is 9.30 Å². The van der Waals surface area contributed by atoms with Gasteiger partial charge in [-0.3, -0.25) is 4.57 Å². The van der Waals surface area contributed by atoms with Crippen molar-refractivity contribution in [2.75, 3.05) is 0 Å². The van der Waals surface area contributed by atoms with Gasteiger partial charge in [0, 0.05) is 55.1 Å². The van der Waals surface area contributed by atoms with Crippen LogP contribution >= 0.6 is 0 Å². The maximum atomic E-state index is 7.19. The van der Waals surface area contributed by atoms with Crippen LogP contribution in [0.4, 0.5) is 0 Å². The summed E-state index contributed by atoms with van der Waals surface area (Å²) < 4.78 is 14.0. The third-order valence-electron chi connectivity index (χ3n) is 16.1. The molecule has 0 aliphatic carbocycles. The number of imidazole rings is 1. The van der Waals surface area contributed by atoms with Crippen molar-refractivity contribution in [1.82, 2.24) is 14.1 Å². The Balaban J connectivity index is 0.00000704. The number of hydrogen-bond donors (Lipinski definition) is 0. The van der Waals surface area contributed by atoms with E-state index in [9.17, 15) is 0 Å². The molecule has 0 amide bonds. The fourth-order valence-corrected chi connectivity index (χ4v) is 11.4. The molecule has 0 bridgehead atoms. The molecule has 11 aromatic rings. The van der Waals surface area contributed by atoms with Crippen molar-refractivity contribution >= 4 is 21.8 Å². The number of para-hydroxylation sites is 1. The van der Waals surface area contributed by atoms with E-state index in [1.165, 1.54) is 27.8 Å². The first-order chi connectivity index (χ1) is 37.2. The summed E-state index contributed by atoms with van der Waals surface area (Å²) in [6, 6.07) is 79.3. The Morgan fingerprint density at radius 1 is 0.468 bits per heavy atom. The van der Waals surface area contributed by atoms with Gasteiger partial charge in [-0.05, 0) is 96.6 Å². The number of rotatable bonds is 12. The summed E-state index contributed by atoms with van der Waals surface area (Å²) in [7, 11) is 0. The molecule has 5 nitrogen and oxygen atoms in total. The van der Waals surface area contributed by atoms with E-state index in [2.05, 4.69) is 309 Å². The van der Waals surface area contributed by atoms with Crippen LogP contribution in [0.1, 0.15) is 128 Å². The second-order valence-corrected chi connectivity index (χ2v) is 24.6. The van der Waals surface area contributed by atoms with E-state index < -0.39 is 16.2 Å². The zero-order valence-corrected chi connectivity index (χ0v) is 49.9. The summed E-state index contributed by atoms with van der Waals surface area (Å²) in [6.45, 7) is 27.6. The molecule has 0 spiro atoms. The van der Waals surface area contributed by atoms with Gasteiger partial charge in [-0.2, -0.15) is 12.1 Å². The van der Waals surface area contributed by atoms with E-state index in [0.29, 0.717) is 11.5 Å². The Bertz CT molecular complexity index is 3970. The molecule has 6 heteroatoms. The average Bonchev–Trinajstić information content (AvgIpc) is 4.24. The topological polar surface area (TPSA) is 35.9 Å². The van der Waals surface area contributed by atoms with Crippen LogP contribution in [0.15, 0.2) is 206 Å². The number of fused-ring (bicyclic) bond motifs is 3. The molecule has 8 aromatic carbocycles. The largest absolute Gasteiger partial charge is 0.510 e. The van der Waals surface area contributed by atoms with Gasteiger partial charge >= 0.3 is 0 Å². The van der Waals surface area contributed by atoms with Crippen LogP contribution in [0.5, 0.6) is 11.5 Å². The maximum absolute atomic E-state index is 7.19. The zero-order chi connectivity index (χ0) is 54.8. The molecule has 0 aliphatic heterocycles. The van der Waals surface area contributed by atoms with Crippen molar-refractivity contribution in [1.29, 1.82) is 0 Å². The first-order valence-corrected chi connectivity index (χ1v) is 27.4. The molecule has 0 atom stereocenters. The van der Waals surface area contributed by atoms with Crippen molar-refractivity contribution < 1.29 is 30.4 Å². The number of nitrogens with zero attached hydrogens (tertiary/aromatic N) is 4. The molecule has 3 aromatic heterocycles. The Morgan fingerprint density at radius 2 is 1.04 bits per heavy atom. The molecular weight excluding hydrogens is 1140 g/mol. The predicted octanol–water partition coefficient (Wildman–Crippen LogP) is 17.7. The van der Waals surface area contributed by atoms with Crippen LogP contribution in [0.2, 0.25) is 0 Å². The van der Waals surface area contributed by atoms with E-state index in [-0.39, 0.29) is 31.9 Å². The average molecular weight is 1210 g/mol. The van der Waals surface area contributed by atoms with Gasteiger partial charge < -0.3 is 13.9 Å². The quantitative estimate of drug-likeness (QED) is 0.0903. The van der Waals surface area contributed by atoms with Crippen LogP contribution in [0.25, 0.3) is 50.1 Å². The Kier molecular flexibility index (Phi) is 14.5. The molecule has 0 radical (unpaired) electrons. The molecule has 400 valence electrons. The summed E-state index contributed by atoms with van der Waals surface area (Å²) in [6.07, 6.45) is 5.97. The number of hydrogen-bond acceptors (Lipinski definition) is 2. The minimum atomic E-state index is -0.540. The van der Waals surface area contributed by atoms with Crippen molar-refractivity contribution in [3.05, 3.63) is 270 Å². The third kappa shape index (κ3) is 10.2. The van der Waals surface area contributed by atoms with Gasteiger partial charge in [-0.25, -0.2) is 4.98 Å². The molecule has 0 N–H and O–H groups in total. The fraction of sp³-hybridized carbons (Fsp3) is 0.233. The maximum Gasteiger partial charge on any atom is 0.267 e. The molecule has 0 saturated heterocycles. The minimum Gasteiger partial charge on any atom is -0.510 e. The standard InChI is InChI=1S/C73H70N4O.Pt/c1-69(2,3)55-40-41-74-65(45-55)77-63-39-26-25-38-61(63)66-62(71(7,8)52-30-19-14-20-31-52)47-60(48-64(66)77)78-59-37-27-36-57(46-59)75-49-76(58-43-51(50-28-17-13-18-29-50)42-56(44-58)70(4,5)6)68(73(11,12)54-34-23-16-24-35-54)67(75)72(9,10)53-32-21-15-22-33-53;/h13-45,47H,1-12H3;/q-2;. The molecule has 11 rings (SSSR count). The molecule has 3 heterocycles. The summed E-state index contributed by atoms with van der Waals surface area (Å²) in [5.74, 6) is 1.98. The van der Waals surface area contributed by atoms with Crippen molar-refractivity contribution in [2.45, 2.75) is 110 Å². The van der Waals surface area contributed by atoms with Gasteiger partial charge in [0.05, 0.1) is 17.1 Å². The van der Waals surface area contributed by atoms with Crippen LogP contribution in [-0.4, -0.2) is 14.1 Å². The molecule has 0 aliphatic rings. The van der Waals surface area contributed by atoms with Crippen molar-refractivity contribution in [3.8, 4) is 39.8 Å². The summed E-state index contributed by atoms with van der Waals surface area (Å²) in [5.41, 5.74) is 13.8. The molecule has 79 heavy (non-hydrogen) atoms. The summed E-state index contributed by atoms with van der Waals surface area (Å²) in [5, 5.41) is 2.25. The van der Waals surface area contributed by atoms with Crippen molar-refractivity contribution in [2.24, 2.45) is 0 Å². The van der Waals surface area contributed by atoms with Gasteiger partial charge in [-0.15, -0.1) is 29.8 Å². The molecular formula is C73H70N4OPt-2. The first-order valence-electron chi connectivity index (χ1n) is 27.4. The van der Waals surface area contributed by atoms with E-state index in [0.717, 1.165) is 67.1 Å². The third-order valence-corrected chi connectivity index (χ3v) is 16.1. The summed E-state index contributed by atoms with van der Waals surface area (Å²) >= 11 is 0. The van der Waals surface area contributed by atoms with Crippen LogP contribution in [0, 0.1) is 18.5 Å². The Hall–Kier alpha value is -7.59. The predicted molar refractivity (Wildman–Crippen MR) is 321 cm³/mol. The van der Waals surface area contributed by atoms with Crippen LogP contribution in [-0.2, 0) is 48.1 Å². The SMILES string of the molecule is CC(C)(C)c1cc(-c2ccccc2)cc(-[n+]2[c-]n(-c3[c-]c(Oc4[c-]c5c(c(C(C)(C)c6ccccc6)c4)c4ccccc4n5-c4cc(C(C)(C)C)ccn4)ccc3)c(C(C)(C)c3ccccc3)c2C(C)(C)c2ccccc2)c1.[Pt]. The first kappa shape index (κ1) is 54.8. The van der Waals surface area contributed by atoms with E-state index in [1.54, 1.807) is 0 Å². The van der Waals surface area contributed by atoms with Gasteiger partial charge in [0.15, 0.2) is 0 Å². The zero-order valence-electron chi connectivity index (χ0n) is 47.6. The Labute approximate surface area is 482 Å². The second-order valence-electron chi connectivity index (χ2n) is 24.6. The van der Waals surface area contributed by atoms with Gasteiger partial charge in [0.25, 0.3) is 6.33 Å². The number of pyridine rings is 1.